The highest BCUT2D eigenvalue weighted by Crippen LogP contribution is 2.39. The lowest BCUT2D eigenvalue weighted by Gasteiger charge is -2.22. The van der Waals surface area contributed by atoms with E-state index < -0.39 is 10.0 Å². The number of aromatic nitrogens is 1. The molecule has 0 atom stereocenters. The van der Waals surface area contributed by atoms with Crippen molar-refractivity contribution in [3.8, 4) is 11.5 Å². The van der Waals surface area contributed by atoms with Gasteiger partial charge in [-0.05, 0) is 64.2 Å². The molecule has 0 aliphatic carbocycles. The number of hydrogen-bond acceptors (Lipinski definition) is 8. The molecule has 2 aliphatic rings. The molecule has 2 aromatic carbocycles. The molecule has 5 rings (SSSR count). The first-order chi connectivity index (χ1) is 18.3. The summed E-state index contributed by atoms with van der Waals surface area (Å²) in [5, 5.41) is 0.590. The summed E-state index contributed by atoms with van der Waals surface area (Å²) in [6.45, 7) is 3.38. The number of ether oxygens (including phenoxy) is 2. The van der Waals surface area contributed by atoms with Gasteiger partial charge < -0.3 is 26.8 Å². The number of rotatable bonds is 8. The molecule has 0 radical (unpaired) electrons. The quantitative estimate of drug-likeness (QED) is 0.388. The van der Waals surface area contributed by atoms with Crippen LogP contribution in [-0.4, -0.2) is 82.0 Å². The summed E-state index contributed by atoms with van der Waals surface area (Å²) in [6.07, 6.45) is 4.62. The molecule has 0 spiro atoms. The number of nitrogens with zero attached hydrogens (tertiary/aromatic N) is 4. The Labute approximate surface area is 240 Å². The second-order valence-corrected chi connectivity index (χ2v) is 12.9. The number of thiazole rings is 1. The number of carbonyl (C=O) groups excluding carboxylic acids is 1. The Hall–Kier alpha value is -2.44. The van der Waals surface area contributed by atoms with E-state index in [0.717, 1.165) is 48.9 Å². The number of amides is 1. The highest BCUT2D eigenvalue weighted by Gasteiger charge is 2.27. The topological polar surface area (TPSA) is 92.3 Å². The smallest absolute Gasteiger partial charge is 0.260 e. The number of halogens is 1. The molecule has 0 bridgehead atoms. The van der Waals surface area contributed by atoms with Crippen LogP contribution in [0.15, 0.2) is 41.3 Å². The van der Waals surface area contributed by atoms with Crippen LogP contribution in [0.2, 0.25) is 0 Å². The van der Waals surface area contributed by atoms with Gasteiger partial charge in [0.15, 0.2) is 16.6 Å². The van der Waals surface area contributed by atoms with Gasteiger partial charge in [-0.15, -0.1) is 0 Å². The van der Waals surface area contributed by atoms with E-state index in [2.05, 4.69) is 4.90 Å². The van der Waals surface area contributed by atoms with Crippen molar-refractivity contribution in [3.05, 3.63) is 42.0 Å². The van der Waals surface area contributed by atoms with Gasteiger partial charge in [-0.1, -0.05) is 24.2 Å². The van der Waals surface area contributed by atoms with Crippen LogP contribution in [0.1, 0.15) is 42.5 Å². The van der Waals surface area contributed by atoms with E-state index in [1.165, 1.54) is 11.3 Å². The minimum Gasteiger partial charge on any atom is -1.00 e. The minimum absolute atomic E-state index is 0. The molecule has 0 saturated carbocycles. The van der Waals surface area contributed by atoms with Crippen molar-refractivity contribution in [1.29, 1.82) is 0 Å². The lowest BCUT2D eigenvalue weighted by atomic mass is 10.2. The van der Waals surface area contributed by atoms with E-state index >= 15 is 0 Å². The van der Waals surface area contributed by atoms with Crippen molar-refractivity contribution in [2.24, 2.45) is 0 Å². The van der Waals surface area contributed by atoms with Crippen molar-refractivity contribution in [2.75, 3.05) is 58.4 Å². The molecule has 1 amide bonds. The molecule has 2 aliphatic heterocycles. The molecule has 0 N–H and O–H groups in total. The summed E-state index contributed by atoms with van der Waals surface area (Å²) in [5.74, 6) is 1.14. The van der Waals surface area contributed by atoms with E-state index in [1.54, 1.807) is 33.5 Å². The zero-order valence-corrected chi connectivity index (χ0v) is 24.7. The van der Waals surface area contributed by atoms with Gasteiger partial charge in [0.05, 0.1) is 15.1 Å². The summed E-state index contributed by atoms with van der Waals surface area (Å²) >= 11 is 1.43. The van der Waals surface area contributed by atoms with Crippen LogP contribution in [0.5, 0.6) is 11.5 Å². The first kappa shape index (κ1) is 29.5. The van der Waals surface area contributed by atoms with Gasteiger partial charge in [0.1, 0.15) is 13.2 Å². The predicted molar refractivity (Wildman–Crippen MR) is 149 cm³/mol. The summed E-state index contributed by atoms with van der Waals surface area (Å²) < 4.78 is 40.3. The van der Waals surface area contributed by atoms with E-state index in [9.17, 15) is 13.2 Å². The predicted octanol–water partition coefficient (Wildman–Crippen LogP) is 1.23. The van der Waals surface area contributed by atoms with Gasteiger partial charge in [0, 0.05) is 37.3 Å². The molecule has 212 valence electrons. The van der Waals surface area contributed by atoms with Crippen molar-refractivity contribution < 1.29 is 35.1 Å². The van der Waals surface area contributed by atoms with Gasteiger partial charge in [-0.3, -0.25) is 9.69 Å². The summed E-state index contributed by atoms with van der Waals surface area (Å²) in [5.41, 5.74) is 1.17. The fourth-order valence-electron chi connectivity index (χ4n) is 4.75. The Morgan fingerprint density at radius 3 is 2.26 bits per heavy atom. The lowest BCUT2D eigenvalue weighted by Crippen LogP contribution is -3.00. The standard InChI is InChI=1S/C27H34N4O5S2.ClH/c1-29(2)12-7-15-31(27-28-22-18-23-24(19-25(22)37-27)36-17-16-35-23)26(32)20-8-10-21(11-9-20)38(33,34)30-13-5-3-4-6-14-30;/h8-11,18-19H,3-7,12-17H2,1-2H3;1H/p-1. The second-order valence-electron chi connectivity index (χ2n) is 9.92. The zero-order chi connectivity index (χ0) is 26.7. The number of fused-ring (bicyclic) bond motifs is 2. The average molecular weight is 594 g/mol. The molecule has 3 heterocycles. The Balaban J connectivity index is 0.00000353. The van der Waals surface area contributed by atoms with Crippen LogP contribution >= 0.6 is 11.3 Å². The van der Waals surface area contributed by atoms with Crippen LogP contribution in [-0.2, 0) is 10.0 Å². The Bertz CT molecular complexity index is 1340. The fourth-order valence-corrected chi connectivity index (χ4v) is 7.27. The summed E-state index contributed by atoms with van der Waals surface area (Å²) in [6, 6.07) is 10.1. The molecular formula is C27H34ClN4O5S2-. The van der Waals surface area contributed by atoms with E-state index in [0.29, 0.717) is 55.0 Å². The molecule has 1 aromatic heterocycles. The third-order valence-corrected chi connectivity index (χ3v) is 9.76. The van der Waals surface area contributed by atoms with Gasteiger partial charge in [-0.25, -0.2) is 13.4 Å². The Morgan fingerprint density at radius 1 is 0.974 bits per heavy atom. The second kappa shape index (κ2) is 12.8. The summed E-state index contributed by atoms with van der Waals surface area (Å²) in [7, 11) is 0.415. The minimum atomic E-state index is -3.58. The molecular weight excluding hydrogens is 560 g/mol. The van der Waals surface area contributed by atoms with E-state index in [1.807, 2.05) is 26.2 Å². The summed E-state index contributed by atoms with van der Waals surface area (Å²) in [4.78, 5) is 22.5. The SMILES string of the molecule is CN(C)CCCN(C(=O)c1ccc(S(=O)(=O)N2CCCCCC2)cc1)c1nc2cc3c(cc2s1)OCCO3.[Cl-]. The van der Waals surface area contributed by atoms with Crippen LogP contribution in [0, 0.1) is 0 Å². The van der Waals surface area contributed by atoms with Crippen LogP contribution in [0.3, 0.4) is 0 Å². The van der Waals surface area contributed by atoms with E-state index in [4.69, 9.17) is 14.5 Å². The average Bonchev–Trinajstić information content (AvgIpc) is 3.11. The van der Waals surface area contributed by atoms with E-state index in [-0.39, 0.29) is 23.2 Å². The van der Waals surface area contributed by atoms with Gasteiger partial charge >= 0.3 is 0 Å². The zero-order valence-electron chi connectivity index (χ0n) is 22.3. The number of benzene rings is 2. The van der Waals surface area contributed by atoms with Gasteiger partial charge in [0.25, 0.3) is 5.91 Å². The normalized spacial score (nSPS) is 16.1. The monoisotopic (exact) mass is 593 g/mol. The van der Waals surface area contributed by atoms with Crippen LogP contribution < -0.4 is 26.8 Å². The fraction of sp³-hybridized carbons (Fsp3) is 0.481. The largest absolute Gasteiger partial charge is 1.00 e. The number of carbonyl (C=O) groups is 1. The van der Waals surface area contributed by atoms with Crippen LogP contribution in [0.4, 0.5) is 5.13 Å². The third kappa shape index (κ3) is 6.66. The first-order valence-corrected chi connectivity index (χ1v) is 15.4. The maximum Gasteiger partial charge on any atom is 0.260 e. The Morgan fingerprint density at radius 2 is 1.62 bits per heavy atom. The van der Waals surface area contributed by atoms with Crippen molar-refractivity contribution in [3.63, 3.8) is 0 Å². The highest BCUT2D eigenvalue weighted by molar-refractivity contribution is 7.89. The highest BCUT2D eigenvalue weighted by atomic mass is 35.5. The maximum atomic E-state index is 13.7. The molecule has 3 aromatic rings. The number of sulfonamides is 1. The first-order valence-electron chi connectivity index (χ1n) is 13.1. The van der Waals surface area contributed by atoms with Gasteiger partial charge in [-0.2, -0.15) is 4.31 Å². The van der Waals surface area contributed by atoms with Crippen molar-refractivity contribution in [1.82, 2.24) is 14.2 Å². The molecule has 12 heteroatoms. The molecule has 9 nitrogen and oxygen atoms in total. The third-order valence-electron chi connectivity index (χ3n) is 6.81. The molecule has 1 saturated heterocycles. The molecule has 0 unspecified atom stereocenters. The van der Waals surface area contributed by atoms with Gasteiger partial charge in [0.2, 0.25) is 10.0 Å². The number of anilines is 1. The van der Waals surface area contributed by atoms with Crippen molar-refractivity contribution >= 4 is 42.6 Å². The maximum absolute atomic E-state index is 13.7. The molecule has 39 heavy (non-hydrogen) atoms. The van der Waals surface area contributed by atoms with Crippen LogP contribution in [0.25, 0.3) is 10.2 Å². The lowest BCUT2D eigenvalue weighted by molar-refractivity contribution is -0.0000184. The number of hydrogen-bond donors (Lipinski definition) is 0. The Kier molecular flexibility index (Phi) is 9.71. The van der Waals surface area contributed by atoms with Crippen molar-refractivity contribution in [2.45, 2.75) is 37.0 Å². The molecule has 1 fully saturated rings.